The van der Waals surface area contributed by atoms with Crippen LogP contribution in [0.5, 0.6) is 23.0 Å². The predicted octanol–water partition coefficient (Wildman–Crippen LogP) is 12.6. The summed E-state index contributed by atoms with van der Waals surface area (Å²) in [7, 11) is 2.04. The molecule has 0 aliphatic carbocycles. The maximum absolute atomic E-state index is 6.50. The molecule has 0 atom stereocenters. The Balaban J connectivity index is 0.991. The fraction of sp³-hybridized carbons (Fsp3) is 0.0204. The topological polar surface area (TPSA) is 37.4 Å². The third-order valence-electron chi connectivity index (χ3n) is 9.48. The van der Waals surface area contributed by atoms with Gasteiger partial charge in [0.2, 0.25) is 5.69 Å². The fourth-order valence-corrected chi connectivity index (χ4v) is 6.87. The average molecular weight is 698 g/mol. The van der Waals surface area contributed by atoms with Crippen LogP contribution in [0.4, 0.5) is 17.1 Å². The average Bonchev–Trinajstić information content (AvgIpc) is 3.56. The lowest BCUT2D eigenvalue weighted by Gasteiger charge is -2.11. The van der Waals surface area contributed by atoms with Crippen LogP contribution in [-0.2, 0) is 0 Å². The number of pyridine rings is 1. The maximum atomic E-state index is 6.50. The van der Waals surface area contributed by atoms with E-state index in [1.54, 1.807) is 0 Å². The lowest BCUT2D eigenvalue weighted by atomic mass is 9.93. The van der Waals surface area contributed by atoms with Crippen molar-refractivity contribution in [1.82, 2.24) is 9.56 Å². The summed E-state index contributed by atoms with van der Waals surface area (Å²) >= 11 is 0. The fourth-order valence-electron chi connectivity index (χ4n) is 6.87. The van der Waals surface area contributed by atoms with Gasteiger partial charge >= 0.3 is 6.01 Å². The number of ether oxygens (including phenoxy) is 2. The largest absolute Gasteiger partial charge is 0.496 e. The second-order valence-corrected chi connectivity index (χ2v) is 13.1. The molecule has 8 aromatic rings. The molecular weight excluding hydrogens is 663 g/mol. The molecule has 54 heavy (non-hydrogen) atoms. The van der Waals surface area contributed by atoms with Crippen LogP contribution in [0.15, 0.2) is 194 Å². The van der Waals surface area contributed by atoms with E-state index in [2.05, 4.69) is 124 Å². The van der Waals surface area contributed by atoms with Gasteiger partial charge in [0.05, 0.1) is 11.8 Å². The molecule has 0 fully saturated rings. The number of benzene rings is 7. The maximum Gasteiger partial charge on any atom is 0.496 e. The number of fused-ring (bicyclic) bond motifs is 1. The van der Waals surface area contributed by atoms with Gasteiger partial charge in [0, 0.05) is 30.0 Å². The van der Waals surface area contributed by atoms with Gasteiger partial charge in [-0.05, 0) is 92.6 Å². The highest BCUT2D eigenvalue weighted by atomic mass is 16.5. The third kappa shape index (κ3) is 6.71. The Morgan fingerprint density at radius 2 is 0.926 bits per heavy atom. The van der Waals surface area contributed by atoms with Gasteiger partial charge in [0.1, 0.15) is 23.0 Å². The van der Waals surface area contributed by atoms with Crippen LogP contribution >= 0.6 is 0 Å². The van der Waals surface area contributed by atoms with Crippen molar-refractivity contribution in [1.29, 1.82) is 0 Å². The number of hydrogen-bond acceptors (Lipinski definition) is 3. The molecule has 0 N–H and O–H groups in total. The third-order valence-corrected chi connectivity index (χ3v) is 9.48. The molecule has 1 aliphatic rings. The zero-order valence-corrected chi connectivity index (χ0v) is 29.6. The lowest BCUT2D eigenvalue weighted by Crippen LogP contribution is -2.00. The summed E-state index contributed by atoms with van der Waals surface area (Å²) in [6, 6.07) is 67.4. The van der Waals surface area contributed by atoms with Crippen molar-refractivity contribution in [2.24, 2.45) is 0 Å². The van der Waals surface area contributed by atoms with E-state index in [1.807, 2.05) is 92.1 Å². The van der Waals surface area contributed by atoms with Gasteiger partial charge in [-0.1, -0.05) is 114 Å². The summed E-state index contributed by atoms with van der Waals surface area (Å²) in [5.74, 6) is 3.03. The summed E-state index contributed by atoms with van der Waals surface area (Å²) in [5.41, 5.74) is 11.7. The van der Waals surface area contributed by atoms with Crippen LogP contribution in [0, 0.1) is 0 Å². The second kappa shape index (κ2) is 14.4. The number of hydrogen-bond donors (Lipinski definition) is 0. The second-order valence-electron chi connectivity index (χ2n) is 13.1. The Bertz CT molecular complexity index is 2700. The zero-order valence-electron chi connectivity index (χ0n) is 29.6. The molecule has 5 nitrogen and oxygen atoms in total. The molecular formula is C49H35N3O2+2. The molecule has 0 saturated carbocycles. The van der Waals surface area contributed by atoms with Gasteiger partial charge in [0.15, 0.2) is 7.05 Å². The summed E-state index contributed by atoms with van der Waals surface area (Å²) in [6.45, 7) is 0. The van der Waals surface area contributed by atoms with Crippen molar-refractivity contribution in [2.75, 3.05) is 7.05 Å². The van der Waals surface area contributed by atoms with Gasteiger partial charge < -0.3 is 9.47 Å². The van der Waals surface area contributed by atoms with Crippen molar-refractivity contribution in [2.45, 2.75) is 0 Å². The molecule has 9 rings (SSSR count). The summed E-state index contributed by atoms with van der Waals surface area (Å²) in [4.78, 5) is 4.72. The van der Waals surface area contributed by atoms with E-state index in [4.69, 9.17) is 14.5 Å². The SMILES string of the molecule is C[N+]1=C=[N+](c2cccc(Oc3cccc(-c4cc(-c5cccc(Oc6ccccc6)c5)ccn4)c3)c2)c2cc(-c3ccccc3)c(-c3ccccc3)cc21. The van der Waals surface area contributed by atoms with Crippen molar-refractivity contribution >= 4 is 23.1 Å². The molecule has 7 aromatic carbocycles. The van der Waals surface area contributed by atoms with Crippen LogP contribution in [0.2, 0.25) is 0 Å². The minimum Gasteiger partial charge on any atom is -0.457 e. The molecule has 0 unspecified atom stereocenters. The summed E-state index contributed by atoms with van der Waals surface area (Å²) in [5, 5.41) is 0. The van der Waals surface area contributed by atoms with E-state index in [-0.39, 0.29) is 0 Å². The zero-order chi connectivity index (χ0) is 36.3. The van der Waals surface area contributed by atoms with Gasteiger partial charge in [-0.2, -0.15) is 0 Å². The van der Waals surface area contributed by atoms with Gasteiger partial charge in [0.25, 0.3) is 11.4 Å². The normalized spacial score (nSPS) is 11.7. The molecule has 256 valence electrons. The minimum atomic E-state index is 0.723. The first kappa shape index (κ1) is 32.6. The highest BCUT2D eigenvalue weighted by molar-refractivity contribution is 5.91. The molecule has 0 saturated heterocycles. The van der Waals surface area contributed by atoms with Crippen molar-refractivity contribution in [3.8, 4) is 67.6 Å². The van der Waals surface area contributed by atoms with Crippen LogP contribution < -0.4 is 14.0 Å². The lowest BCUT2D eigenvalue weighted by molar-refractivity contribution is -0.394. The van der Waals surface area contributed by atoms with E-state index in [9.17, 15) is 0 Å². The van der Waals surface area contributed by atoms with E-state index >= 15 is 0 Å². The quantitative estimate of drug-likeness (QED) is 0.141. The van der Waals surface area contributed by atoms with Crippen molar-refractivity contribution < 1.29 is 14.0 Å². The molecule has 1 aliphatic heterocycles. The monoisotopic (exact) mass is 697 g/mol. The van der Waals surface area contributed by atoms with E-state index < -0.39 is 0 Å². The molecule has 0 bridgehead atoms. The van der Waals surface area contributed by atoms with Crippen LogP contribution in [0.25, 0.3) is 44.6 Å². The molecule has 2 heterocycles. The van der Waals surface area contributed by atoms with E-state index in [0.29, 0.717) is 0 Å². The van der Waals surface area contributed by atoms with Crippen LogP contribution in [0.1, 0.15) is 0 Å². The highest BCUT2D eigenvalue weighted by Crippen LogP contribution is 2.43. The van der Waals surface area contributed by atoms with Gasteiger partial charge in [-0.15, -0.1) is 0 Å². The first-order valence-corrected chi connectivity index (χ1v) is 17.9. The smallest absolute Gasteiger partial charge is 0.457 e. The van der Waals surface area contributed by atoms with Gasteiger partial charge in [-0.3, -0.25) is 4.98 Å². The summed E-state index contributed by atoms with van der Waals surface area (Å²) in [6.07, 6.45) is 1.84. The Morgan fingerprint density at radius 1 is 0.426 bits per heavy atom. The van der Waals surface area contributed by atoms with Crippen molar-refractivity contribution in [3.63, 3.8) is 0 Å². The highest BCUT2D eigenvalue weighted by Gasteiger charge is 2.35. The predicted molar refractivity (Wildman–Crippen MR) is 218 cm³/mol. The Morgan fingerprint density at radius 3 is 1.61 bits per heavy atom. The van der Waals surface area contributed by atoms with Gasteiger partial charge in [-0.25, -0.2) is 0 Å². The Hall–Kier alpha value is -7.33. The Labute approximate surface area is 314 Å². The molecule has 5 heteroatoms. The molecule has 0 spiro atoms. The van der Waals surface area contributed by atoms with E-state index in [0.717, 1.165) is 73.6 Å². The molecule has 0 amide bonds. The minimum absolute atomic E-state index is 0.723. The molecule has 1 aromatic heterocycles. The van der Waals surface area contributed by atoms with E-state index in [1.165, 1.54) is 11.1 Å². The molecule has 0 radical (unpaired) electrons. The number of nitrogens with zero attached hydrogens (tertiary/aromatic N) is 3. The summed E-state index contributed by atoms with van der Waals surface area (Å²) < 4.78 is 16.8. The first-order valence-electron chi connectivity index (χ1n) is 17.9. The number of aromatic nitrogens is 1. The van der Waals surface area contributed by atoms with Crippen LogP contribution in [0.3, 0.4) is 0 Å². The van der Waals surface area contributed by atoms with Crippen LogP contribution in [-0.4, -0.2) is 22.6 Å². The standard InChI is InChI=1S/C49H35N3O2/c1-51-34-52(49-33-46(36-16-7-3-8-17-36)45(32-48(49)51)35-14-5-2-6-15-35)40-20-13-25-44(31-40)54-43-24-12-19-39(29-43)47-30-38(26-27-50-47)37-18-11-23-42(28-37)53-41-21-9-4-10-22-41/h2-33H,1H3/q+2. The Kier molecular flexibility index (Phi) is 8.66. The van der Waals surface area contributed by atoms with Crippen molar-refractivity contribution in [3.05, 3.63) is 194 Å². The number of rotatable bonds is 9. The first-order chi connectivity index (χ1) is 26.6. The number of para-hydroxylation sites is 1.